The van der Waals surface area contributed by atoms with E-state index >= 15 is 0 Å². The molecule has 2 aromatic rings. The number of hydrogen-bond acceptors (Lipinski definition) is 4. The smallest absolute Gasteiger partial charge is 0.271 e. The molecule has 1 aromatic heterocycles. The number of nitrogens with zero attached hydrogens (tertiary/aromatic N) is 2. The molecule has 0 fully saturated rings. The van der Waals surface area contributed by atoms with Crippen LogP contribution in [0.15, 0.2) is 30.5 Å². The van der Waals surface area contributed by atoms with Gasteiger partial charge in [0.2, 0.25) is 0 Å². The topological polar surface area (TPSA) is 80.9 Å². The lowest BCUT2D eigenvalue weighted by Gasteiger charge is -2.06. The van der Waals surface area contributed by atoms with Crippen molar-refractivity contribution < 1.29 is 4.79 Å². The first-order valence-electron chi connectivity index (χ1n) is 5.22. The summed E-state index contributed by atoms with van der Waals surface area (Å²) in [6.07, 6.45) is 1.61. The predicted octanol–water partition coefficient (Wildman–Crippen LogP) is 2.31. The zero-order valence-corrected chi connectivity index (χ0v) is 11.8. The number of benzene rings is 1. The van der Waals surface area contributed by atoms with Crippen LogP contribution in [-0.4, -0.2) is 15.9 Å². The maximum absolute atomic E-state index is 11.3. The van der Waals surface area contributed by atoms with Crippen LogP contribution >= 0.6 is 22.9 Å². The Hall–Kier alpha value is -1.70. The van der Waals surface area contributed by atoms with Crippen molar-refractivity contribution in [1.82, 2.24) is 9.97 Å². The molecule has 0 aliphatic rings. The molecule has 5 nitrogen and oxygen atoms in total. The van der Waals surface area contributed by atoms with E-state index in [0.29, 0.717) is 11.5 Å². The minimum Gasteiger partial charge on any atom is -0.364 e. The van der Waals surface area contributed by atoms with E-state index in [1.165, 1.54) is 0 Å². The highest BCUT2D eigenvalue weighted by molar-refractivity contribution is 14.1. The number of nitrogens with two attached hydrogens (primary N) is 1. The lowest BCUT2D eigenvalue weighted by Crippen LogP contribution is -2.16. The zero-order valence-electron chi connectivity index (χ0n) is 9.64. The van der Waals surface area contributed by atoms with Crippen molar-refractivity contribution in [2.45, 2.75) is 6.92 Å². The molecular formula is C12H11IN4O. The second kappa shape index (κ2) is 5.30. The van der Waals surface area contributed by atoms with E-state index in [4.69, 9.17) is 5.73 Å². The van der Waals surface area contributed by atoms with Crippen LogP contribution in [0.2, 0.25) is 0 Å². The predicted molar refractivity (Wildman–Crippen MR) is 78.4 cm³/mol. The third kappa shape index (κ3) is 2.58. The number of nitrogens with one attached hydrogen (secondary N) is 1. The van der Waals surface area contributed by atoms with Gasteiger partial charge in [-0.15, -0.1) is 0 Å². The van der Waals surface area contributed by atoms with E-state index in [-0.39, 0.29) is 5.69 Å². The maximum Gasteiger partial charge on any atom is 0.271 e. The molecule has 0 aliphatic heterocycles. The molecule has 18 heavy (non-hydrogen) atoms. The minimum atomic E-state index is -0.601. The van der Waals surface area contributed by atoms with Gasteiger partial charge in [-0.2, -0.15) is 0 Å². The van der Waals surface area contributed by atoms with Gasteiger partial charge in [0.05, 0.1) is 34.8 Å². The number of rotatable bonds is 3. The molecule has 0 aliphatic carbocycles. The van der Waals surface area contributed by atoms with Crippen molar-refractivity contribution in [2.75, 3.05) is 3.53 Å². The molecular weight excluding hydrogens is 343 g/mol. The normalized spacial score (nSPS) is 10.1. The first-order valence-corrected chi connectivity index (χ1v) is 6.30. The van der Waals surface area contributed by atoms with Crippen LogP contribution in [0, 0.1) is 6.92 Å². The summed E-state index contributed by atoms with van der Waals surface area (Å²) in [7, 11) is 0. The van der Waals surface area contributed by atoms with Gasteiger partial charge in [-0.3, -0.25) is 4.79 Å². The first kappa shape index (κ1) is 12.7. The molecule has 0 bridgehead atoms. The summed E-state index contributed by atoms with van der Waals surface area (Å²) < 4.78 is 2.76. The van der Waals surface area contributed by atoms with Crippen LogP contribution in [0.1, 0.15) is 16.1 Å². The standard InChI is InChI=1S/C12H11IN4O/c1-7-2-4-8(5-3-7)9-6-15-12(17-13)10(16-9)11(14)18/h2-6H,1H3,(H2,14,18)(H,15,17). The van der Waals surface area contributed by atoms with Crippen molar-refractivity contribution in [3.05, 3.63) is 41.7 Å². The molecule has 0 saturated carbocycles. The summed E-state index contributed by atoms with van der Waals surface area (Å²) >= 11 is 1.88. The van der Waals surface area contributed by atoms with Crippen molar-refractivity contribution in [1.29, 1.82) is 0 Å². The number of hydrogen-bond donors (Lipinski definition) is 2. The molecule has 2 rings (SSSR count). The highest BCUT2D eigenvalue weighted by Crippen LogP contribution is 2.20. The monoisotopic (exact) mass is 354 g/mol. The van der Waals surface area contributed by atoms with E-state index in [0.717, 1.165) is 11.1 Å². The summed E-state index contributed by atoms with van der Waals surface area (Å²) in [4.78, 5) is 19.7. The maximum atomic E-state index is 11.3. The van der Waals surface area contributed by atoms with E-state index < -0.39 is 5.91 Å². The van der Waals surface area contributed by atoms with Crippen LogP contribution in [-0.2, 0) is 0 Å². The average Bonchev–Trinajstić information content (AvgIpc) is 2.39. The summed E-state index contributed by atoms with van der Waals surface area (Å²) in [5.74, 6) is -0.227. The number of anilines is 1. The van der Waals surface area contributed by atoms with Crippen LogP contribution in [0.3, 0.4) is 0 Å². The molecule has 1 aromatic carbocycles. The fourth-order valence-electron chi connectivity index (χ4n) is 1.49. The summed E-state index contributed by atoms with van der Waals surface area (Å²) in [5, 5.41) is 0. The molecule has 3 N–H and O–H groups in total. The van der Waals surface area contributed by atoms with E-state index in [2.05, 4.69) is 13.5 Å². The molecule has 1 heterocycles. The van der Waals surface area contributed by atoms with Gasteiger partial charge in [0.15, 0.2) is 11.5 Å². The minimum absolute atomic E-state index is 0.141. The second-order valence-electron chi connectivity index (χ2n) is 3.78. The van der Waals surface area contributed by atoms with Gasteiger partial charge in [0.25, 0.3) is 5.91 Å². The van der Waals surface area contributed by atoms with Crippen LogP contribution in [0.25, 0.3) is 11.3 Å². The molecule has 1 amide bonds. The molecule has 0 atom stereocenters. The van der Waals surface area contributed by atoms with Gasteiger partial charge in [0, 0.05) is 5.56 Å². The van der Waals surface area contributed by atoms with E-state index in [1.807, 2.05) is 54.1 Å². The average molecular weight is 354 g/mol. The summed E-state index contributed by atoms with van der Waals surface area (Å²) in [5.41, 5.74) is 8.10. The summed E-state index contributed by atoms with van der Waals surface area (Å²) in [6, 6.07) is 7.82. The SMILES string of the molecule is Cc1ccc(-c2cnc(NI)c(C(N)=O)n2)cc1. The Balaban J connectivity index is 2.49. The lowest BCUT2D eigenvalue weighted by atomic mass is 10.1. The van der Waals surface area contributed by atoms with Crippen molar-refractivity contribution in [3.8, 4) is 11.3 Å². The Bertz CT molecular complexity index is 583. The molecule has 0 saturated heterocycles. The Kier molecular flexibility index (Phi) is 3.75. The van der Waals surface area contributed by atoms with Crippen molar-refractivity contribution in [2.24, 2.45) is 5.73 Å². The highest BCUT2D eigenvalue weighted by atomic mass is 127. The van der Waals surface area contributed by atoms with Gasteiger partial charge in [-0.25, -0.2) is 9.97 Å². The number of aryl methyl sites for hydroxylation is 1. The fraction of sp³-hybridized carbons (Fsp3) is 0.0833. The number of halogens is 1. The Morgan fingerprint density at radius 2 is 2.00 bits per heavy atom. The fourth-order valence-corrected chi connectivity index (χ4v) is 1.89. The third-order valence-electron chi connectivity index (χ3n) is 2.44. The number of primary amides is 1. The van der Waals surface area contributed by atoms with Gasteiger partial charge in [-0.05, 0) is 6.92 Å². The summed E-state index contributed by atoms with van der Waals surface area (Å²) in [6.45, 7) is 2.01. The number of aromatic nitrogens is 2. The molecule has 92 valence electrons. The quantitative estimate of drug-likeness (QED) is 0.655. The van der Waals surface area contributed by atoms with E-state index in [1.54, 1.807) is 6.20 Å². The number of carbonyl (C=O) groups is 1. The number of carbonyl (C=O) groups excluding carboxylic acids is 1. The Labute approximate surface area is 118 Å². The van der Waals surface area contributed by atoms with E-state index in [9.17, 15) is 4.79 Å². The largest absolute Gasteiger partial charge is 0.364 e. The third-order valence-corrected chi connectivity index (χ3v) is 2.95. The lowest BCUT2D eigenvalue weighted by molar-refractivity contribution is 0.0996. The molecule has 0 spiro atoms. The van der Waals surface area contributed by atoms with Crippen molar-refractivity contribution >= 4 is 34.6 Å². The van der Waals surface area contributed by atoms with Crippen LogP contribution < -0.4 is 9.26 Å². The van der Waals surface area contributed by atoms with Crippen LogP contribution in [0.5, 0.6) is 0 Å². The van der Waals surface area contributed by atoms with Gasteiger partial charge >= 0.3 is 0 Å². The van der Waals surface area contributed by atoms with Gasteiger partial charge in [0.1, 0.15) is 0 Å². The highest BCUT2D eigenvalue weighted by Gasteiger charge is 2.12. The molecule has 0 radical (unpaired) electrons. The van der Waals surface area contributed by atoms with Crippen LogP contribution in [0.4, 0.5) is 5.82 Å². The zero-order chi connectivity index (χ0) is 13.1. The van der Waals surface area contributed by atoms with Gasteiger partial charge < -0.3 is 9.26 Å². The first-order chi connectivity index (χ1) is 8.61. The number of amides is 1. The van der Waals surface area contributed by atoms with Crippen molar-refractivity contribution in [3.63, 3.8) is 0 Å². The Morgan fingerprint density at radius 1 is 1.33 bits per heavy atom. The van der Waals surface area contributed by atoms with Gasteiger partial charge in [-0.1, -0.05) is 29.8 Å². The Morgan fingerprint density at radius 3 is 2.56 bits per heavy atom. The second-order valence-corrected chi connectivity index (χ2v) is 4.32. The molecule has 0 unspecified atom stereocenters. The molecule has 6 heteroatoms.